The molecule has 2 rings (SSSR count). The number of carbonyl (C=O) groups excluding carboxylic acids is 2. The van der Waals surface area contributed by atoms with Crippen LogP contribution in [-0.2, 0) is 25.3 Å². The van der Waals surface area contributed by atoms with Crippen LogP contribution in [0.15, 0.2) is 30.3 Å². The zero-order valence-electron chi connectivity index (χ0n) is 19.7. The van der Waals surface area contributed by atoms with Gasteiger partial charge in [-0.25, -0.2) is 9.59 Å². The van der Waals surface area contributed by atoms with Crippen LogP contribution in [0, 0.1) is 0 Å². The minimum atomic E-state index is -2.05. The second kappa shape index (κ2) is 9.10. The maximum Gasteiger partial charge on any atom is 0.411 e. The lowest BCUT2D eigenvalue weighted by atomic mass is 10.2. The molecule has 1 aromatic rings. The molecule has 2 unspecified atom stereocenters. The van der Waals surface area contributed by atoms with Gasteiger partial charge in [0.1, 0.15) is 18.2 Å². The molecule has 0 aliphatic carbocycles. The molecule has 1 aliphatic heterocycles. The summed E-state index contributed by atoms with van der Waals surface area (Å²) in [6.07, 6.45) is -0.308. The molecule has 1 aliphatic rings. The number of hydrogen-bond donors (Lipinski definition) is 0. The normalized spacial score (nSPS) is 20.2. The van der Waals surface area contributed by atoms with E-state index in [9.17, 15) is 9.59 Å². The van der Waals surface area contributed by atoms with Crippen molar-refractivity contribution in [1.82, 2.24) is 4.90 Å². The van der Waals surface area contributed by atoms with Crippen molar-refractivity contribution >= 4 is 20.4 Å². The lowest BCUT2D eigenvalue weighted by molar-refractivity contribution is -0.150. The molecule has 1 amide bonds. The molecule has 0 spiro atoms. The maximum absolute atomic E-state index is 12.9. The van der Waals surface area contributed by atoms with Crippen molar-refractivity contribution in [2.45, 2.75) is 90.4 Å². The molecule has 30 heavy (non-hydrogen) atoms. The van der Waals surface area contributed by atoms with E-state index in [4.69, 9.17) is 13.9 Å². The van der Waals surface area contributed by atoms with Gasteiger partial charge in [0.25, 0.3) is 0 Å². The summed E-state index contributed by atoms with van der Waals surface area (Å²) in [6, 6.07) is 8.80. The van der Waals surface area contributed by atoms with Gasteiger partial charge < -0.3 is 13.9 Å². The van der Waals surface area contributed by atoms with Gasteiger partial charge in [0, 0.05) is 13.0 Å². The average molecular weight is 436 g/mol. The Morgan fingerprint density at radius 1 is 1.07 bits per heavy atom. The smallest absolute Gasteiger partial charge is 0.411 e. The molecular formula is C23H37NO5Si. The van der Waals surface area contributed by atoms with Gasteiger partial charge in [-0.1, -0.05) is 51.1 Å². The topological polar surface area (TPSA) is 65.1 Å². The van der Waals surface area contributed by atoms with Crippen molar-refractivity contribution < 1.29 is 23.5 Å². The highest BCUT2D eigenvalue weighted by Crippen LogP contribution is 2.39. The predicted molar refractivity (Wildman–Crippen MR) is 120 cm³/mol. The Kier molecular flexibility index (Phi) is 7.40. The number of ether oxygens (including phenoxy) is 2. The van der Waals surface area contributed by atoms with Crippen molar-refractivity contribution in [2.24, 2.45) is 0 Å². The van der Waals surface area contributed by atoms with E-state index in [0.29, 0.717) is 13.0 Å². The van der Waals surface area contributed by atoms with Crippen molar-refractivity contribution in [3.8, 4) is 0 Å². The minimum Gasteiger partial charge on any atom is -0.459 e. The minimum absolute atomic E-state index is 0.0374. The van der Waals surface area contributed by atoms with E-state index in [1.165, 1.54) is 4.90 Å². The first-order valence-corrected chi connectivity index (χ1v) is 13.5. The second-order valence-corrected chi connectivity index (χ2v) is 15.2. The van der Waals surface area contributed by atoms with Gasteiger partial charge in [0.15, 0.2) is 8.32 Å². The van der Waals surface area contributed by atoms with E-state index in [1.54, 1.807) is 0 Å². The van der Waals surface area contributed by atoms with Crippen LogP contribution >= 0.6 is 0 Å². The molecule has 2 atom stereocenters. The van der Waals surface area contributed by atoms with Gasteiger partial charge >= 0.3 is 12.1 Å². The van der Waals surface area contributed by atoms with Gasteiger partial charge in [-0.05, 0) is 44.5 Å². The number of likely N-dealkylation sites (tertiary alicyclic amines) is 1. The highest BCUT2D eigenvalue weighted by molar-refractivity contribution is 6.74. The van der Waals surface area contributed by atoms with Gasteiger partial charge in [-0.15, -0.1) is 0 Å². The largest absolute Gasteiger partial charge is 0.459 e. The average Bonchev–Trinajstić information content (AvgIpc) is 3.01. The highest BCUT2D eigenvalue weighted by Gasteiger charge is 2.47. The standard InChI is InChI=1S/C23H37NO5Si/c1-22(2,3)28-21(26)24-15-18(29-30(7,8)23(4,5)6)14-19(24)20(25)27-16-17-12-10-9-11-13-17/h9-13,18-19H,14-16H2,1-8H3. The highest BCUT2D eigenvalue weighted by atomic mass is 28.4. The van der Waals surface area contributed by atoms with Gasteiger partial charge in [0.05, 0.1) is 6.10 Å². The Morgan fingerprint density at radius 2 is 1.67 bits per heavy atom. The lowest BCUT2D eigenvalue weighted by Crippen LogP contribution is -2.45. The monoisotopic (exact) mass is 435 g/mol. The van der Waals surface area contributed by atoms with E-state index in [1.807, 2.05) is 51.1 Å². The third kappa shape index (κ3) is 6.57. The molecule has 0 bridgehead atoms. The quantitative estimate of drug-likeness (QED) is 0.474. The van der Waals surface area contributed by atoms with Crippen LogP contribution in [-0.4, -0.2) is 49.6 Å². The summed E-state index contributed by atoms with van der Waals surface area (Å²) in [5.41, 5.74) is 0.259. The van der Waals surface area contributed by atoms with E-state index in [2.05, 4.69) is 33.9 Å². The first-order valence-electron chi connectivity index (χ1n) is 10.6. The molecule has 1 saturated heterocycles. The summed E-state index contributed by atoms with van der Waals surface area (Å²) in [5.74, 6) is -0.425. The summed E-state index contributed by atoms with van der Waals surface area (Å²) in [4.78, 5) is 27.2. The van der Waals surface area contributed by atoms with Crippen molar-refractivity contribution in [1.29, 1.82) is 0 Å². The van der Waals surface area contributed by atoms with Crippen molar-refractivity contribution in [3.63, 3.8) is 0 Å². The first-order chi connectivity index (χ1) is 13.7. The first kappa shape index (κ1) is 24.4. The Bertz CT molecular complexity index is 736. The molecule has 0 radical (unpaired) electrons. The van der Waals surface area contributed by atoms with E-state index < -0.39 is 32.0 Å². The fourth-order valence-electron chi connectivity index (χ4n) is 3.05. The zero-order valence-corrected chi connectivity index (χ0v) is 20.7. The fourth-order valence-corrected chi connectivity index (χ4v) is 4.40. The summed E-state index contributed by atoms with van der Waals surface area (Å²) in [5, 5.41) is 0.0374. The molecule has 0 aromatic heterocycles. The Balaban J connectivity index is 2.14. The molecule has 0 N–H and O–H groups in total. The SMILES string of the molecule is CC(C)(C)OC(=O)N1CC(O[Si](C)(C)C(C)(C)C)CC1C(=O)OCc1ccccc1. The molecule has 1 fully saturated rings. The van der Waals surface area contributed by atoms with Crippen LogP contribution in [0.5, 0.6) is 0 Å². The van der Waals surface area contributed by atoms with Crippen molar-refractivity contribution in [3.05, 3.63) is 35.9 Å². The number of nitrogens with zero attached hydrogens (tertiary/aromatic N) is 1. The van der Waals surface area contributed by atoms with E-state index in [0.717, 1.165) is 5.56 Å². The molecule has 7 heteroatoms. The second-order valence-electron chi connectivity index (χ2n) is 10.5. The van der Waals surface area contributed by atoms with Crippen LogP contribution < -0.4 is 0 Å². The lowest BCUT2D eigenvalue weighted by Gasteiger charge is -2.38. The van der Waals surface area contributed by atoms with Gasteiger partial charge in [-0.2, -0.15) is 0 Å². The number of hydrogen-bond acceptors (Lipinski definition) is 5. The Morgan fingerprint density at radius 3 is 2.20 bits per heavy atom. The van der Waals surface area contributed by atoms with Gasteiger partial charge in [-0.3, -0.25) is 4.90 Å². The van der Waals surface area contributed by atoms with Crippen LogP contribution in [0.3, 0.4) is 0 Å². The Labute approximate surface area is 182 Å². The fraction of sp³-hybridized carbons (Fsp3) is 0.652. The Hall–Kier alpha value is -1.86. The molecule has 168 valence electrons. The molecule has 1 aromatic carbocycles. The number of amides is 1. The number of esters is 1. The predicted octanol–water partition coefficient (Wildman–Crippen LogP) is 5.13. The van der Waals surface area contributed by atoms with Crippen LogP contribution in [0.2, 0.25) is 18.1 Å². The molecule has 6 nitrogen and oxygen atoms in total. The maximum atomic E-state index is 12.9. The summed E-state index contributed by atoms with van der Waals surface area (Å²) >= 11 is 0. The number of carbonyl (C=O) groups is 2. The summed E-state index contributed by atoms with van der Waals surface area (Å²) in [7, 11) is -2.05. The summed E-state index contributed by atoms with van der Waals surface area (Å²) in [6.45, 7) is 16.8. The van der Waals surface area contributed by atoms with Crippen molar-refractivity contribution in [2.75, 3.05) is 6.54 Å². The van der Waals surface area contributed by atoms with Crippen LogP contribution in [0.4, 0.5) is 4.79 Å². The molecular weight excluding hydrogens is 398 g/mol. The number of rotatable bonds is 5. The van der Waals surface area contributed by atoms with E-state index >= 15 is 0 Å². The third-order valence-electron chi connectivity index (χ3n) is 5.65. The summed E-state index contributed by atoms with van der Waals surface area (Å²) < 4.78 is 17.6. The van der Waals surface area contributed by atoms with E-state index in [-0.39, 0.29) is 17.7 Å². The number of benzene rings is 1. The van der Waals surface area contributed by atoms with Crippen LogP contribution in [0.1, 0.15) is 53.5 Å². The zero-order chi connectivity index (χ0) is 22.7. The van der Waals surface area contributed by atoms with Crippen LogP contribution in [0.25, 0.3) is 0 Å². The molecule has 1 heterocycles. The third-order valence-corrected chi connectivity index (χ3v) is 10.2. The molecule has 0 saturated carbocycles. The van der Waals surface area contributed by atoms with Gasteiger partial charge in [0.2, 0.25) is 0 Å².